The summed E-state index contributed by atoms with van der Waals surface area (Å²) in [7, 11) is 0. The molecule has 144 valence electrons. The largest absolute Gasteiger partial charge is 0.478 e. The molecule has 3 rings (SSSR count). The normalized spacial score (nSPS) is 11.0. The van der Waals surface area contributed by atoms with E-state index in [2.05, 4.69) is 5.32 Å². The first-order valence-corrected chi connectivity index (χ1v) is 8.50. The van der Waals surface area contributed by atoms with Crippen LogP contribution in [0.5, 0.6) is 0 Å². The number of nitriles is 1. The fraction of sp³-hybridized carbons (Fsp3) is 0.0455. The number of anilines is 1. The molecule has 0 spiro atoms. The van der Waals surface area contributed by atoms with E-state index in [4.69, 9.17) is 9.52 Å². The summed E-state index contributed by atoms with van der Waals surface area (Å²) in [5.74, 6) is -1.35. The Kier molecular flexibility index (Phi) is 5.56. The number of hydrogen-bond acceptors (Lipinski definition) is 4. The van der Waals surface area contributed by atoms with Crippen LogP contribution in [0, 0.1) is 24.1 Å². The highest BCUT2D eigenvalue weighted by atomic mass is 19.1. The van der Waals surface area contributed by atoms with Gasteiger partial charge in [0, 0.05) is 17.3 Å². The summed E-state index contributed by atoms with van der Waals surface area (Å²) in [6, 6.07) is 14.9. The second-order valence-corrected chi connectivity index (χ2v) is 6.17. The summed E-state index contributed by atoms with van der Waals surface area (Å²) >= 11 is 0. The van der Waals surface area contributed by atoms with Crippen molar-refractivity contribution in [3.63, 3.8) is 0 Å². The van der Waals surface area contributed by atoms with E-state index in [1.165, 1.54) is 42.5 Å². The van der Waals surface area contributed by atoms with Crippen molar-refractivity contribution in [3.05, 3.63) is 82.9 Å². The first kappa shape index (κ1) is 19.6. The number of nitrogens with one attached hydrogen (secondary N) is 1. The van der Waals surface area contributed by atoms with Gasteiger partial charge in [-0.15, -0.1) is 0 Å². The number of nitrogens with zero attached hydrogens (tertiary/aromatic N) is 1. The molecule has 1 amide bonds. The lowest BCUT2D eigenvalue weighted by atomic mass is 10.0. The van der Waals surface area contributed by atoms with Gasteiger partial charge in [0.25, 0.3) is 5.91 Å². The first-order valence-electron chi connectivity index (χ1n) is 8.50. The lowest BCUT2D eigenvalue weighted by Gasteiger charge is -2.04. The maximum atomic E-state index is 13.0. The molecule has 0 aliphatic carbocycles. The average molecular weight is 390 g/mol. The minimum Gasteiger partial charge on any atom is -0.478 e. The molecule has 7 heteroatoms. The van der Waals surface area contributed by atoms with E-state index >= 15 is 0 Å². The molecule has 0 bridgehead atoms. The van der Waals surface area contributed by atoms with Gasteiger partial charge in [-0.05, 0) is 61.0 Å². The van der Waals surface area contributed by atoms with E-state index in [9.17, 15) is 19.2 Å². The third-order valence-corrected chi connectivity index (χ3v) is 4.12. The molecular weight excluding hydrogens is 375 g/mol. The van der Waals surface area contributed by atoms with Crippen LogP contribution in [-0.4, -0.2) is 17.0 Å². The maximum Gasteiger partial charge on any atom is 0.335 e. The molecule has 0 saturated carbocycles. The lowest BCUT2D eigenvalue weighted by molar-refractivity contribution is -0.112. The number of aromatic carboxylic acids is 1. The van der Waals surface area contributed by atoms with Gasteiger partial charge in [-0.3, -0.25) is 4.79 Å². The number of aryl methyl sites for hydroxylation is 1. The zero-order valence-electron chi connectivity index (χ0n) is 15.3. The highest BCUT2D eigenvalue weighted by Gasteiger charge is 2.13. The third kappa shape index (κ3) is 4.57. The number of hydrogen-bond donors (Lipinski definition) is 2. The number of amides is 1. The van der Waals surface area contributed by atoms with Gasteiger partial charge in [0.15, 0.2) is 0 Å². The maximum absolute atomic E-state index is 13.0. The van der Waals surface area contributed by atoms with E-state index in [-0.39, 0.29) is 16.9 Å². The number of halogens is 1. The molecule has 1 heterocycles. The Morgan fingerprint density at radius 3 is 2.48 bits per heavy atom. The van der Waals surface area contributed by atoms with Crippen LogP contribution in [0.25, 0.3) is 17.4 Å². The molecule has 29 heavy (non-hydrogen) atoms. The molecule has 0 fully saturated rings. The molecule has 0 aliphatic heterocycles. The minimum atomic E-state index is -1.02. The second-order valence-electron chi connectivity index (χ2n) is 6.17. The molecular formula is C22H15FN2O4. The Bertz CT molecular complexity index is 1150. The molecule has 2 aromatic carbocycles. The molecule has 0 unspecified atom stereocenters. The van der Waals surface area contributed by atoms with Gasteiger partial charge in [0.2, 0.25) is 0 Å². The van der Waals surface area contributed by atoms with Gasteiger partial charge in [-0.2, -0.15) is 5.26 Å². The zero-order chi connectivity index (χ0) is 21.0. The van der Waals surface area contributed by atoms with E-state index < -0.39 is 17.7 Å². The van der Waals surface area contributed by atoms with Crippen molar-refractivity contribution in [3.8, 4) is 17.4 Å². The van der Waals surface area contributed by atoms with E-state index in [1.807, 2.05) is 6.07 Å². The Hall–Kier alpha value is -4.18. The summed E-state index contributed by atoms with van der Waals surface area (Å²) < 4.78 is 18.6. The number of furan rings is 1. The fourth-order valence-corrected chi connectivity index (χ4v) is 2.67. The second kappa shape index (κ2) is 8.23. The molecule has 0 radical (unpaired) electrons. The van der Waals surface area contributed by atoms with Crippen LogP contribution < -0.4 is 5.32 Å². The van der Waals surface area contributed by atoms with Crippen molar-refractivity contribution in [2.45, 2.75) is 6.92 Å². The van der Waals surface area contributed by atoms with Gasteiger partial charge >= 0.3 is 5.97 Å². The lowest BCUT2D eigenvalue weighted by Crippen LogP contribution is -2.13. The van der Waals surface area contributed by atoms with E-state index in [1.54, 1.807) is 25.1 Å². The molecule has 1 aromatic heterocycles. The summed E-state index contributed by atoms with van der Waals surface area (Å²) in [6.45, 7) is 1.76. The summed E-state index contributed by atoms with van der Waals surface area (Å²) in [4.78, 5) is 23.3. The SMILES string of the molecule is Cc1cc(C(=O)O)ccc1-c1ccc(/C=C(/C#N)C(=O)Nc2ccc(F)cc2)o1. The van der Waals surface area contributed by atoms with Crippen molar-refractivity contribution in [1.82, 2.24) is 0 Å². The van der Waals surface area contributed by atoms with Crippen LogP contribution in [0.15, 0.2) is 64.6 Å². The number of carbonyl (C=O) groups is 2. The monoisotopic (exact) mass is 390 g/mol. The Morgan fingerprint density at radius 1 is 1.14 bits per heavy atom. The fourth-order valence-electron chi connectivity index (χ4n) is 2.67. The zero-order valence-corrected chi connectivity index (χ0v) is 15.3. The molecule has 3 aromatic rings. The highest BCUT2D eigenvalue weighted by molar-refractivity contribution is 6.09. The molecule has 0 saturated heterocycles. The summed E-state index contributed by atoms with van der Waals surface area (Å²) in [5.41, 5.74) is 1.75. The van der Waals surface area contributed by atoms with Gasteiger partial charge < -0.3 is 14.8 Å². The molecule has 0 atom stereocenters. The third-order valence-electron chi connectivity index (χ3n) is 4.12. The van der Waals surface area contributed by atoms with Crippen LogP contribution in [-0.2, 0) is 4.79 Å². The topological polar surface area (TPSA) is 103 Å². The molecule has 2 N–H and O–H groups in total. The number of rotatable bonds is 5. The van der Waals surface area contributed by atoms with Crippen LogP contribution in [0.3, 0.4) is 0 Å². The average Bonchev–Trinajstić information content (AvgIpc) is 3.16. The smallest absolute Gasteiger partial charge is 0.335 e. The standard InChI is InChI=1S/C22H15FN2O4/c1-13-10-14(22(27)28)2-8-19(13)20-9-7-18(29-20)11-15(12-24)21(26)25-17-5-3-16(23)4-6-17/h2-11H,1H3,(H,25,26)(H,27,28)/b15-11-. The number of carboxylic acid groups (broad SMARTS) is 1. The first-order chi connectivity index (χ1) is 13.9. The van der Waals surface area contributed by atoms with Crippen LogP contribution in [0.4, 0.5) is 10.1 Å². The van der Waals surface area contributed by atoms with Crippen molar-refractivity contribution in [2.75, 3.05) is 5.32 Å². The van der Waals surface area contributed by atoms with Gasteiger partial charge in [-0.1, -0.05) is 6.07 Å². The van der Waals surface area contributed by atoms with Crippen LogP contribution in [0.1, 0.15) is 21.7 Å². The Balaban J connectivity index is 1.82. The van der Waals surface area contributed by atoms with Crippen molar-refractivity contribution in [1.29, 1.82) is 5.26 Å². The van der Waals surface area contributed by atoms with Crippen LogP contribution in [0.2, 0.25) is 0 Å². The quantitative estimate of drug-likeness (QED) is 0.488. The van der Waals surface area contributed by atoms with Gasteiger partial charge in [0.1, 0.15) is 29.0 Å². The minimum absolute atomic E-state index is 0.169. The number of carboxylic acids is 1. The summed E-state index contributed by atoms with van der Waals surface area (Å²) in [6.07, 6.45) is 1.29. The van der Waals surface area contributed by atoms with E-state index in [0.717, 1.165) is 0 Å². The Labute approximate surface area is 165 Å². The van der Waals surface area contributed by atoms with E-state index in [0.29, 0.717) is 22.6 Å². The predicted octanol–water partition coefficient (Wildman–Crippen LogP) is 4.64. The Morgan fingerprint density at radius 2 is 1.86 bits per heavy atom. The van der Waals surface area contributed by atoms with Gasteiger partial charge in [-0.25, -0.2) is 9.18 Å². The van der Waals surface area contributed by atoms with Crippen molar-refractivity contribution >= 4 is 23.6 Å². The van der Waals surface area contributed by atoms with Crippen molar-refractivity contribution in [2.24, 2.45) is 0 Å². The highest BCUT2D eigenvalue weighted by Crippen LogP contribution is 2.27. The summed E-state index contributed by atoms with van der Waals surface area (Å²) in [5, 5.41) is 20.9. The number of benzene rings is 2. The molecule has 6 nitrogen and oxygen atoms in total. The van der Waals surface area contributed by atoms with Gasteiger partial charge in [0.05, 0.1) is 5.56 Å². The predicted molar refractivity (Wildman–Crippen MR) is 104 cm³/mol. The number of carbonyl (C=O) groups excluding carboxylic acids is 1. The van der Waals surface area contributed by atoms with Crippen molar-refractivity contribution < 1.29 is 23.5 Å². The molecule has 0 aliphatic rings. The van der Waals surface area contributed by atoms with Crippen LogP contribution >= 0.6 is 0 Å².